The lowest BCUT2D eigenvalue weighted by atomic mass is 9.72. The van der Waals surface area contributed by atoms with Crippen molar-refractivity contribution in [3.05, 3.63) is 278 Å². The Morgan fingerprint density at radius 3 is 1.51 bits per heavy atom. The number of hydrogen-bond donors (Lipinski definition) is 2. The van der Waals surface area contributed by atoms with Crippen LogP contribution in [0.4, 0.5) is 4.39 Å². The van der Waals surface area contributed by atoms with Crippen LogP contribution in [-0.4, -0.2) is 286 Å². The average molecular weight is 2000 g/mol. The molecule has 2 aromatic heterocycles. The van der Waals surface area contributed by atoms with Gasteiger partial charge >= 0.3 is 0 Å². The smallest absolute Gasteiger partial charge is 0.274 e. The molecule has 0 unspecified atom stereocenters. The predicted octanol–water partition coefficient (Wildman–Crippen LogP) is 19.1. The number of likely N-dealkylation sites (N-methyl/N-ethyl adjacent to an activating group) is 4. The third kappa shape index (κ3) is 28.5. The minimum atomic E-state index is -0.361. The maximum atomic E-state index is 14.5. The molecule has 4 aliphatic carbocycles. The van der Waals surface area contributed by atoms with Crippen molar-refractivity contribution in [1.82, 2.24) is 74.2 Å². The first kappa shape index (κ1) is 109. The van der Waals surface area contributed by atoms with Gasteiger partial charge in [-0.05, 0) is 304 Å². The van der Waals surface area contributed by atoms with Crippen molar-refractivity contribution < 1.29 is 42.7 Å². The summed E-state index contributed by atoms with van der Waals surface area (Å²) >= 11 is 12.5. The minimum Gasteiger partial charge on any atom is -0.494 e. The summed E-state index contributed by atoms with van der Waals surface area (Å²) in [7, 11) is 20.8. The standard InChI is InChI=1S/C45H62ClN7O3.C41H47ClN4O2.C32H45FN4O3/c1-33-10-12-35(13-11-33)29-44(49(3)4)20-16-38(17-21-44)53(39-18-22-45(23-19-39,50(5)6)30-36-8-7-9-37(46)28-36)42(55)15-14-41(54)51-24-26-52(27-25-51)43(56)40-32-47-34(2)31-48-40;1-44(2)41(27-30-15-17-34(42)18-16-30)24-21-35(22-25-41)45(3)39(47)19-20-40(48)46(26-23-32-28-43-38-14-7-6-13-37(32)38)29-33-11-8-10-31-9-4-5-12-36(31)33;1-24-6-5-7-25(20-24)22-32(35(2)3)14-12-27(13-15-32)34-30(38)10-11-31(39)37-18-16-36(17-19-37)23-26-8-9-29(40-4)28(33)21-26/h7-13,28,31-32,38-39H,14-27,29-30H2,1-6H3;4-18,28,35,43H,19-27,29H2,1-3H3;5-9,20-21,27H,10-19,22-23H2,1-4H3,(H,34,38). The van der Waals surface area contributed by atoms with E-state index in [1.807, 2.05) is 89.5 Å². The molecule has 6 fully saturated rings. The van der Waals surface area contributed by atoms with Gasteiger partial charge in [0.1, 0.15) is 5.69 Å². The number of aromatic nitrogens is 3. The fraction of sp³-hybridized carbons (Fsp3) is 0.500. The number of rotatable bonds is 34. The zero-order valence-corrected chi connectivity index (χ0v) is 89.0. The summed E-state index contributed by atoms with van der Waals surface area (Å²) in [5, 5.41) is 8.22. The normalized spacial score (nSPS) is 21.5. The van der Waals surface area contributed by atoms with Crippen molar-refractivity contribution in [2.45, 2.75) is 254 Å². The maximum Gasteiger partial charge on any atom is 0.274 e. The molecule has 16 rings (SSSR count). The van der Waals surface area contributed by atoms with Gasteiger partial charge in [0.15, 0.2) is 11.6 Å². The van der Waals surface area contributed by atoms with Crippen LogP contribution in [0.25, 0.3) is 21.7 Å². The van der Waals surface area contributed by atoms with Gasteiger partial charge in [0.25, 0.3) is 5.91 Å². The van der Waals surface area contributed by atoms with Gasteiger partial charge in [-0.2, -0.15) is 0 Å². The van der Waals surface area contributed by atoms with Gasteiger partial charge in [-0.25, -0.2) is 9.37 Å². The van der Waals surface area contributed by atoms with Crippen LogP contribution in [0.15, 0.2) is 201 Å². The number of piperazine rings is 2. The van der Waals surface area contributed by atoms with Crippen molar-refractivity contribution in [3.63, 3.8) is 0 Å². The molecule has 4 heterocycles. The van der Waals surface area contributed by atoms with Crippen LogP contribution in [0, 0.1) is 26.6 Å². The number of amides is 7. The molecule has 2 N–H and O–H groups in total. The molecule has 0 bridgehead atoms. The number of aromatic amines is 1. The number of fused-ring (bicyclic) bond motifs is 2. The molecule has 770 valence electrons. The molecule has 7 amide bonds. The number of nitrogens with zero attached hydrogens (tertiary/aromatic N) is 13. The summed E-state index contributed by atoms with van der Waals surface area (Å²) in [6.45, 7) is 12.3. The quantitative estimate of drug-likeness (QED) is 0.0383. The van der Waals surface area contributed by atoms with Gasteiger partial charge in [-0.15, -0.1) is 0 Å². The van der Waals surface area contributed by atoms with E-state index in [4.69, 9.17) is 27.9 Å². The summed E-state index contributed by atoms with van der Waals surface area (Å²) in [4.78, 5) is 129. The number of methoxy groups -OCH3 is 1. The van der Waals surface area contributed by atoms with E-state index in [1.165, 1.54) is 63.7 Å². The van der Waals surface area contributed by atoms with Crippen molar-refractivity contribution in [1.29, 1.82) is 0 Å². The Bertz CT molecular complexity index is 5920. The van der Waals surface area contributed by atoms with E-state index in [9.17, 15) is 38.0 Å². The van der Waals surface area contributed by atoms with Gasteiger partial charge in [-0.3, -0.25) is 43.4 Å². The lowest BCUT2D eigenvalue weighted by Gasteiger charge is -2.52. The maximum absolute atomic E-state index is 14.5. The van der Waals surface area contributed by atoms with Crippen LogP contribution < -0.4 is 10.1 Å². The van der Waals surface area contributed by atoms with Crippen LogP contribution in [0.2, 0.25) is 10.0 Å². The average Bonchev–Trinajstić information content (AvgIpc) is 0.793. The van der Waals surface area contributed by atoms with E-state index in [1.54, 1.807) is 22.1 Å². The Morgan fingerprint density at radius 2 is 0.944 bits per heavy atom. The first-order chi connectivity index (χ1) is 69.2. The molecule has 23 nitrogen and oxygen atoms in total. The van der Waals surface area contributed by atoms with E-state index in [-0.39, 0.29) is 138 Å². The molecular formula is C118H154Cl2FN15O8. The number of halogens is 3. The summed E-state index contributed by atoms with van der Waals surface area (Å²) in [5.41, 5.74) is 13.4. The Kier molecular flexibility index (Phi) is 38.1. The second-order valence-corrected chi connectivity index (χ2v) is 43.5. The molecule has 2 saturated heterocycles. The fourth-order valence-electron chi connectivity index (χ4n) is 23.3. The van der Waals surface area contributed by atoms with Crippen molar-refractivity contribution >= 4 is 86.2 Å². The number of benzene rings is 8. The number of para-hydroxylation sites is 1. The van der Waals surface area contributed by atoms with Gasteiger partial charge in [0.05, 0.1) is 19.0 Å². The Labute approximate surface area is 864 Å². The SMILES string of the molecule is CN(C(=O)CCC(=O)N(CCc1c[nH]c2ccccc12)Cc1cccc2ccccc12)C1CCC(Cc2ccc(Cl)cc2)(N(C)C)CC1.COc1ccc(CN2CCN(C(=O)CCC(=O)NC3CCC(Cc4cccc(C)c4)(N(C)C)CC3)CC2)cc1F.Cc1ccc(CC2(N(C)C)CCC(N(C(=O)CCC(=O)N3CCN(C(=O)c4cnc(C)cn4)CC3)C3CCC(Cc4cccc(Cl)c4)(N(C)C)CC3)CC2)cc1. The Hall–Kier alpha value is -11.0. The number of hydrogen-bond acceptors (Lipinski definition) is 15. The minimum absolute atomic E-state index is 0.0118. The van der Waals surface area contributed by atoms with Crippen LogP contribution in [0.3, 0.4) is 0 Å². The molecule has 26 heteroatoms. The molecular weight excluding hydrogens is 1850 g/mol. The van der Waals surface area contributed by atoms with E-state index in [0.29, 0.717) is 64.6 Å². The number of carbonyl (C=O) groups is 7. The molecule has 0 atom stereocenters. The number of aryl methyl sites for hydroxylation is 3. The van der Waals surface area contributed by atoms with Gasteiger partial charge in [0, 0.05) is 197 Å². The summed E-state index contributed by atoms with van der Waals surface area (Å²) in [6.07, 6.45) is 26.7. The van der Waals surface area contributed by atoms with E-state index in [0.717, 1.165) is 191 Å². The molecule has 4 saturated carbocycles. The zero-order chi connectivity index (χ0) is 102. The zero-order valence-electron chi connectivity index (χ0n) is 87.4. The van der Waals surface area contributed by atoms with E-state index >= 15 is 0 Å². The van der Waals surface area contributed by atoms with Gasteiger partial charge < -0.3 is 64.0 Å². The largest absolute Gasteiger partial charge is 0.494 e. The third-order valence-electron chi connectivity index (χ3n) is 32.7. The highest BCUT2D eigenvalue weighted by molar-refractivity contribution is 6.31. The van der Waals surface area contributed by atoms with Crippen molar-refractivity contribution in [2.24, 2.45) is 0 Å². The molecule has 6 aliphatic rings. The Balaban J connectivity index is 0.000000174. The lowest BCUT2D eigenvalue weighted by Crippen LogP contribution is -2.57. The lowest BCUT2D eigenvalue weighted by molar-refractivity contribution is -0.143. The summed E-state index contributed by atoms with van der Waals surface area (Å²) in [5.74, 6) is -0.153. The number of nitrogens with one attached hydrogen (secondary N) is 2. The monoisotopic (exact) mass is 2000 g/mol. The van der Waals surface area contributed by atoms with Crippen LogP contribution in [0.5, 0.6) is 5.75 Å². The number of H-pyrrole nitrogens is 1. The third-order valence-corrected chi connectivity index (χ3v) is 33.2. The van der Waals surface area contributed by atoms with Crippen LogP contribution >= 0.6 is 23.2 Å². The van der Waals surface area contributed by atoms with Gasteiger partial charge in [0.2, 0.25) is 35.4 Å². The summed E-state index contributed by atoms with van der Waals surface area (Å²) in [6, 6.07) is 62.6. The molecule has 8 aromatic carbocycles. The topological polar surface area (TPSA) is 218 Å². The second kappa shape index (κ2) is 50.4. The fourth-order valence-corrected chi connectivity index (χ4v) is 23.6. The summed E-state index contributed by atoms with van der Waals surface area (Å²) < 4.78 is 19.0. The highest BCUT2D eigenvalue weighted by Gasteiger charge is 2.47. The highest BCUT2D eigenvalue weighted by atomic mass is 35.5. The first-order valence-corrected chi connectivity index (χ1v) is 53.1. The number of carbonyl (C=O) groups excluding carboxylic acids is 7. The van der Waals surface area contributed by atoms with E-state index < -0.39 is 0 Å². The van der Waals surface area contributed by atoms with E-state index in [2.05, 4.69) is 235 Å². The van der Waals surface area contributed by atoms with Crippen molar-refractivity contribution in [2.75, 3.05) is 129 Å². The molecule has 0 radical (unpaired) electrons. The number of ether oxygens (including phenoxy) is 1. The van der Waals surface area contributed by atoms with Crippen LogP contribution in [0.1, 0.15) is 208 Å². The predicted molar refractivity (Wildman–Crippen MR) is 576 cm³/mol. The van der Waals surface area contributed by atoms with Gasteiger partial charge in [-0.1, -0.05) is 174 Å². The first-order valence-electron chi connectivity index (χ1n) is 52.3. The second-order valence-electron chi connectivity index (χ2n) is 42.7. The Morgan fingerprint density at radius 1 is 0.451 bits per heavy atom. The highest BCUT2D eigenvalue weighted by Crippen LogP contribution is 2.45. The molecule has 0 spiro atoms. The molecule has 144 heavy (non-hydrogen) atoms. The van der Waals surface area contributed by atoms with Crippen molar-refractivity contribution in [3.8, 4) is 5.75 Å². The van der Waals surface area contributed by atoms with Crippen LogP contribution in [-0.2, 0) is 74.0 Å². The molecule has 2 aliphatic heterocycles. The molecule has 10 aromatic rings.